The highest BCUT2D eigenvalue weighted by atomic mass is 16.5. The average Bonchev–Trinajstić information content (AvgIpc) is 3.03. The summed E-state index contributed by atoms with van der Waals surface area (Å²) in [6.07, 6.45) is 4.17. The van der Waals surface area contributed by atoms with Gasteiger partial charge in [-0.05, 0) is 67.9 Å². The van der Waals surface area contributed by atoms with E-state index in [-0.39, 0.29) is 17.7 Å². The van der Waals surface area contributed by atoms with E-state index in [1.165, 1.54) is 0 Å². The number of nitrogens with one attached hydrogen (secondary N) is 1. The van der Waals surface area contributed by atoms with Crippen molar-refractivity contribution in [2.24, 2.45) is 23.5 Å². The first-order valence-corrected chi connectivity index (χ1v) is 13.5. The third-order valence-electron chi connectivity index (χ3n) is 6.86. The molecule has 0 saturated carbocycles. The molecular weight excluding hydrogens is 466 g/mol. The van der Waals surface area contributed by atoms with E-state index in [1.807, 2.05) is 80.3 Å². The minimum absolute atomic E-state index is 0.0883. The highest BCUT2D eigenvalue weighted by molar-refractivity contribution is 5.91. The van der Waals surface area contributed by atoms with Gasteiger partial charge in [0.15, 0.2) is 0 Å². The van der Waals surface area contributed by atoms with Crippen molar-refractivity contribution in [2.75, 3.05) is 6.54 Å². The molecule has 0 bridgehead atoms. The maximum Gasteiger partial charge on any atom is 0.245 e. The molecule has 1 heterocycles. The molecule has 0 unspecified atom stereocenters. The zero-order valence-electron chi connectivity index (χ0n) is 22.3. The predicted molar refractivity (Wildman–Crippen MR) is 145 cm³/mol. The molecule has 1 saturated heterocycles. The Hall–Kier alpha value is -3.35. The van der Waals surface area contributed by atoms with Crippen molar-refractivity contribution < 1.29 is 19.1 Å². The molecule has 3 atom stereocenters. The SMILES string of the molecule is CCC[C@H](C(N)=O)[C@H](CC(C)C)C(=O)N[C@H]1CCCCN(Cc2cccc(Oc3ccccc3)c2)C1=O. The molecule has 3 rings (SSSR count). The normalized spacial score (nSPS) is 17.7. The van der Waals surface area contributed by atoms with Crippen LogP contribution in [0, 0.1) is 17.8 Å². The van der Waals surface area contributed by atoms with Gasteiger partial charge in [-0.2, -0.15) is 0 Å². The number of para-hydroxylation sites is 1. The second-order valence-corrected chi connectivity index (χ2v) is 10.4. The molecule has 0 aliphatic carbocycles. The van der Waals surface area contributed by atoms with Gasteiger partial charge in [0.1, 0.15) is 17.5 Å². The minimum atomic E-state index is -0.608. The summed E-state index contributed by atoms with van der Waals surface area (Å²) in [6, 6.07) is 16.7. The number of nitrogens with zero attached hydrogens (tertiary/aromatic N) is 1. The largest absolute Gasteiger partial charge is 0.457 e. The standard InChI is InChI=1S/C30H41N3O4/c1-4-11-25(28(31)34)26(18-21(2)3)29(35)32-27-16-8-9-17-33(30(27)36)20-22-12-10-15-24(19-22)37-23-13-6-5-7-14-23/h5-7,10,12-15,19,21,25-27H,4,8-9,11,16-18,20H2,1-3H3,(H2,31,34)(H,32,35)/t25-,26-,27-/m0/s1. The molecule has 1 aliphatic heterocycles. The number of carbonyl (C=O) groups excluding carboxylic acids is 3. The summed E-state index contributed by atoms with van der Waals surface area (Å²) in [5.74, 6) is -0.165. The number of carbonyl (C=O) groups is 3. The summed E-state index contributed by atoms with van der Waals surface area (Å²) in [6.45, 7) is 7.10. The van der Waals surface area contributed by atoms with Gasteiger partial charge in [-0.3, -0.25) is 14.4 Å². The summed E-state index contributed by atoms with van der Waals surface area (Å²) in [7, 11) is 0. The van der Waals surface area contributed by atoms with E-state index in [2.05, 4.69) is 5.32 Å². The summed E-state index contributed by atoms with van der Waals surface area (Å²) in [4.78, 5) is 40.9. The lowest BCUT2D eigenvalue weighted by Crippen LogP contribution is -2.50. The van der Waals surface area contributed by atoms with E-state index in [0.717, 1.165) is 30.6 Å². The molecule has 1 aliphatic rings. The van der Waals surface area contributed by atoms with Gasteiger partial charge in [-0.15, -0.1) is 0 Å². The van der Waals surface area contributed by atoms with Gasteiger partial charge in [0.2, 0.25) is 17.7 Å². The molecular formula is C30H41N3O4. The van der Waals surface area contributed by atoms with Crippen LogP contribution in [0.15, 0.2) is 54.6 Å². The van der Waals surface area contributed by atoms with Crippen LogP contribution >= 0.6 is 0 Å². The molecule has 37 heavy (non-hydrogen) atoms. The van der Waals surface area contributed by atoms with Crippen LogP contribution in [0.5, 0.6) is 11.5 Å². The Morgan fingerprint density at radius 1 is 1.05 bits per heavy atom. The Morgan fingerprint density at radius 3 is 2.46 bits per heavy atom. The van der Waals surface area contributed by atoms with Crippen molar-refractivity contribution in [2.45, 2.75) is 71.9 Å². The average molecular weight is 508 g/mol. The van der Waals surface area contributed by atoms with E-state index in [0.29, 0.717) is 38.1 Å². The smallest absolute Gasteiger partial charge is 0.245 e. The molecule has 0 aromatic heterocycles. The molecule has 3 amide bonds. The van der Waals surface area contributed by atoms with Gasteiger partial charge in [-0.1, -0.05) is 57.5 Å². The first kappa shape index (κ1) is 28.2. The number of rotatable bonds is 12. The Labute approximate surface area is 220 Å². The number of hydrogen-bond acceptors (Lipinski definition) is 4. The van der Waals surface area contributed by atoms with Crippen LogP contribution in [0.2, 0.25) is 0 Å². The molecule has 3 N–H and O–H groups in total. The molecule has 7 heteroatoms. The van der Waals surface area contributed by atoms with Crippen LogP contribution < -0.4 is 15.8 Å². The first-order valence-electron chi connectivity index (χ1n) is 13.5. The maximum absolute atomic E-state index is 13.5. The highest BCUT2D eigenvalue weighted by Crippen LogP contribution is 2.27. The highest BCUT2D eigenvalue weighted by Gasteiger charge is 2.35. The van der Waals surface area contributed by atoms with Gasteiger partial charge < -0.3 is 20.7 Å². The molecule has 2 aromatic carbocycles. The maximum atomic E-state index is 13.5. The Kier molecular flexibility index (Phi) is 10.5. The van der Waals surface area contributed by atoms with E-state index >= 15 is 0 Å². The van der Waals surface area contributed by atoms with Gasteiger partial charge in [-0.25, -0.2) is 0 Å². The molecule has 7 nitrogen and oxygen atoms in total. The van der Waals surface area contributed by atoms with Crippen molar-refractivity contribution in [3.8, 4) is 11.5 Å². The third kappa shape index (κ3) is 8.34. The van der Waals surface area contributed by atoms with Crippen molar-refractivity contribution in [3.63, 3.8) is 0 Å². The van der Waals surface area contributed by atoms with Crippen LogP contribution in [-0.2, 0) is 20.9 Å². The van der Waals surface area contributed by atoms with Crippen molar-refractivity contribution in [1.82, 2.24) is 10.2 Å². The topological polar surface area (TPSA) is 102 Å². The molecule has 200 valence electrons. The van der Waals surface area contributed by atoms with Crippen LogP contribution in [-0.4, -0.2) is 35.2 Å². The summed E-state index contributed by atoms with van der Waals surface area (Å²) in [5.41, 5.74) is 6.65. The predicted octanol–water partition coefficient (Wildman–Crippen LogP) is 5.04. The number of nitrogens with two attached hydrogens (primary N) is 1. The van der Waals surface area contributed by atoms with E-state index in [1.54, 1.807) is 0 Å². The molecule has 2 aromatic rings. The summed E-state index contributed by atoms with van der Waals surface area (Å²) in [5, 5.41) is 3.01. The van der Waals surface area contributed by atoms with Crippen LogP contribution in [0.25, 0.3) is 0 Å². The minimum Gasteiger partial charge on any atom is -0.457 e. The lowest BCUT2D eigenvalue weighted by molar-refractivity contribution is -0.139. The number of ether oxygens (including phenoxy) is 1. The third-order valence-corrected chi connectivity index (χ3v) is 6.86. The second kappa shape index (κ2) is 13.8. The van der Waals surface area contributed by atoms with Gasteiger partial charge in [0, 0.05) is 24.9 Å². The van der Waals surface area contributed by atoms with Crippen molar-refractivity contribution >= 4 is 17.7 Å². The summed E-state index contributed by atoms with van der Waals surface area (Å²) < 4.78 is 5.95. The number of amides is 3. The number of hydrogen-bond donors (Lipinski definition) is 2. The number of likely N-dealkylation sites (tertiary alicyclic amines) is 1. The summed E-state index contributed by atoms with van der Waals surface area (Å²) >= 11 is 0. The first-order chi connectivity index (χ1) is 17.8. The zero-order chi connectivity index (χ0) is 26.8. The van der Waals surface area contributed by atoms with Gasteiger partial charge in [0.25, 0.3) is 0 Å². The molecule has 1 fully saturated rings. The Bertz CT molecular complexity index is 1040. The van der Waals surface area contributed by atoms with Crippen LogP contribution in [0.3, 0.4) is 0 Å². The fourth-order valence-corrected chi connectivity index (χ4v) is 5.04. The van der Waals surface area contributed by atoms with Gasteiger partial charge >= 0.3 is 0 Å². The quantitative estimate of drug-likeness (QED) is 0.420. The fourth-order valence-electron chi connectivity index (χ4n) is 5.04. The van der Waals surface area contributed by atoms with Gasteiger partial charge in [0.05, 0.1) is 0 Å². The lowest BCUT2D eigenvalue weighted by atomic mass is 9.81. The zero-order valence-corrected chi connectivity index (χ0v) is 22.3. The van der Waals surface area contributed by atoms with E-state index in [9.17, 15) is 14.4 Å². The Balaban J connectivity index is 1.71. The van der Waals surface area contributed by atoms with E-state index in [4.69, 9.17) is 10.5 Å². The molecule has 0 radical (unpaired) electrons. The molecule has 0 spiro atoms. The second-order valence-electron chi connectivity index (χ2n) is 10.4. The van der Waals surface area contributed by atoms with E-state index < -0.39 is 23.8 Å². The Morgan fingerprint density at radius 2 is 1.78 bits per heavy atom. The van der Waals surface area contributed by atoms with Crippen LogP contribution in [0.4, 0.5) is 0 Å². The van der Waals surface area contributed by atoms with Crippen LogP contribution in [0.1, 0.15) is 64.9 Å². The van der Waals surface area contributed by atoms with Crippen molar-refractivity contribution in [1.29, 1.82) is 0 Å². The number of primary amides is 1. The fraction of sp³-hybridized carbons (Fsp3) is 0.500. The number of benzene rings is 2. The monoisotopic (exact) mass is 507 g/mol. The lowest BCUT2D eigenvalue weighted by Gasteiger charge is -2.29. The van der Waals surface area contributed by atoms with Crippen molar-refractivity contribution in [3.05, 3.63) is 60.2 Å².